The number of aliphatic carboxylic acids is 1. The fourth-order valence-corrected chi connectivity index (χ4v) is 2.28. The highest BCUT2D eigenvalue weighted by Crippen LogP contribution is 2.17. The zero-order valence-electron chi connectivity index (χ0n) is 10.9. The molecule has 0 aliphatic carbocycles. The van der Waals surface area contributed by atoms with Crippen LogP contribution in [0.4, 0.5) is 4.79 Å². The van der Waals surface area contributed by atoms with E-state index in [-0.39, 0.29) is 6.03 Å². The highest BCUT2D eigenvalue weighted by molar-refractivity contribution is 5.83. The summed E-state index contributed by atoms with van der Waals surface area (Å²) in [6, 6.07) is -0.979. The van der Waals surface area contributed by atoms with Crippen LogP contribution in [-0.4, -0.2) is 50.9 Å². The molecule has 0 aromatic carbocycles. The number of carbonyl (C=O) groups excluding carboxylic acids is 1. The summed E-state index contributed by atoms with van der Waals surface area (Å²) in [7, 11) is 1.84. The first-order chi connectivity index (χ1) is 9.08. The van der Waals surface area contributed by atoms with Crippen LogP contribution in [-0.2, 0) is 18.3 Å². The number of nitrogens with one attached hydrogen (secondary N) is 1. The Bertz CT molecular complexity index is 471. The molecule has 7 nitrogen and oxygen atoms in total. The zero-order valence-corrected chi connectivity index (χ0v) is 10.9. The van der Waals surface area contributed by atoms with Crippen molar-refractivity contribution in [3.8, 4) is 0 Å². The smallest absolute Gasteiger partial charge is 0.326 e. The Balaban J connectivity index is 1.79. The van der Waals surface area contributed by atoms with Gasteiger partial charge in [0.15, 0.2) is 0 Å². The molecule has 19 heavy (non-hydrogen) atoms. The molecule has 1 aliphatic rings. The van der Waals surface area contributed by atoms with Gasteiger partial charge in [-0.05, 0) is 24.8 Å². The number of amides is 2. The molecule has 2 N–H and O–H groups in total. The summed E-state index contributed by atoms with van der Waals surface area (Å²) in [5.74, 6) is -0.931. The van der Waals surface area contributed by atoms with Gasteiger partial charge in [0.1, 0.15) is 6.04 Å². The number of carbonyl (C=O) groups is 2. The number of rotatable bonds is 4. The van der Waals surface area contributed by atoms with Gasteiger partial charge in [0.05, 0.1) is 6.20 Å². The van der Waals surface area contributed by atoms with Crippen molar-refractivity contribution < 1.29 is 14.7 Å². The molecule has 1 unspecified atom stereocenters. The maximum Gasteiger partial charge on any atom is 0.326 e. The van der Waals surface area contributed by atoms with E-state index in [1.54, 1.807) is 10.9 Å². The lowest BCUT2D eigenvalue weighted by Gasteiger charge is -2.21. The number of aryl methyl sites for hydroxylation is 1. The molecule has 1 aromatic rings. The summed E-state index contributed by atoms with van der Waals surface area (Å²) in [4.78, 5) is 24.3. The molecule has 0 radical (unpaired) electrons. The summed E-state index contributed by atoms with van der Waals surface area (Å²) in [5, 5.41) is 15.8. The first kappa shape index (κ1) is 13.4. The Morgan fingerprint density at radius 3 is 3.00 bits per heavy atom. The lowest BCUT2D eigenvalue weighted by Crippen LogP contribution is -2.46. The van der Waals surface area contributed by atoms with Crippen LogP contribution in [0, 0.1) is 0 Å². The number of carboxylic acid groups (broad SMARTS) is 1. The van der Waals surface area contributed by atoms with Crippen LogP contribution in [0.2, 0.25) is 0 Å². The highest BCUT2D eigenvalue weighted by Gasteiger charge is 2.33. The van der Waals surface area contributed by atoms with Gasteiger partial charge in [0, 0.05) is 26.3 Å². The van der Waals surface area contributed by atoms with Crippen LogP contribution in [0.1, 0.15) is 18.4 Å². The van der Waals surface area contributed by atoms with Crippen LogP contribution in [0.3, 0.4) is 0 Å². The van der Waals surface area contributed by atoms with Gasteiger partial charge in [0.25, 0.3) is 0 Å². The second kappa shape index (κ2) is 5.73. The molecule has 104 valence electrons. The summed E-state index contributed by atoms with van der Waals surface area (Å²) in [6.45, 7) is 0.989. The molecular formula is C12H18N4O3. The normalized spacial score (nSPS) is 18.6. The zero-order chi connectivity index (χ0) is 13.8. The third kappa shape index (κ3) is 3.24. The van der Waals surface area contributed by atoms with Crippen LogP contribution in [0.5, 0.6) is 0 Å². The number of likely N-dealkylation sites (tertiary alicyclic amines) is 1. The number of aromatic nitrogens is 2. The number of carboxylic acids is 1. The van der Waals surface area contributed by atoms with Crippen molar-refractivity contribution in [1.29, 1.82) is 0 Å². The highest BCUT2D eigenvalue weighted by atomic mass is 16.4. The molecule has 1 atom stereocenters. The second-order valence-corrected chi connectivity index (χ2v) is 4.69. The van der Waals surface area contributed by atoms with E-state index >= 15 is 0 Å². The fraction of sp³-hybridized carbons (Fsp3) is 0.583. The van der Waals surface area contributed by atoms with Gasteiger partial charge in [-0.15, -0.1) is 0 Å². The minimum atomic E-state index is -0.931. The van der Waals surface area contributed by atoms with Gasteiger partial charge in [-0.2, -0.15) is 5.10 Å². The molecule has 0 spiro atoms. The molecule has 2 heterocycles. The van der Waals surface area contributed by atoms with E-state index in [0.29, 0.717) is 25.9 Å². The van der Waals surface area contributed by atoms with E-state index < -0.39 is 12.0 Å². The third-order valence-corrected chi connectivity index (χ3v) is 3.25. The first-order valence-electron chi connectivity index (χ1n) is 6.32. The average Bonchev–Trinajstić information content (AvgIpc) is 2.97. The molecular weight excluding hydrogens is 248 g/mol. The van der Waals surface area contributed by atoms with Gasteiger partial charge in [0.2, 0.25) is 0 Å². The second-order valence-electron chi connectivity index (χ2n) is 4.69. The summed E-state index contributed by atoms with van der Waals surface area (Å²) < 4.78 is 1.71. The van der Waals surface area contributed by atoms with Crippen LogP contribution in [0.25, 0.3) is 0 Å². The Labute approximate surface area is 111 Å². The maximum absolute atomic E-state index is 11.9. The first-order valence-corrected chi connectivity index (χ1v) is 6.32. The van der Waals surface area contributed by atoms with Crippen molar-refractivity contribution in [1.82, 2.24) is 20.0 Å². The molecule has 1 saturated heterocycles. The van der Waals surface area contributed by atoms with E-state index in [0.717, 1.165) is 12.0 Å². The summed E-state index contributed by atoms with van der Waals surface area (Å²) in [5.41, 5.74) is 1.04. The van der Waals surface area contributed by atoms with Crippen LogP contribution < -0.4 is 5.32 Å². The summed E-state index contributed by atoms with van der Waals surface area (Å²) >= 11 is 0. The molecule has 7 heteroatoms. The van der Waals surface area contributed by atoms with Crippen molar-refractivity contribution in [3.63, 3.8) is 0 Å². The Morgan fingerprint density at radius 1 is 1.58 bits per heavy atom. The maximum atomic E-state index is 11.9. The van der Waals surface area contributed by atoms with Crippen molar-refractivity contribution >= 4 is 12.0 Å². The lowest BCUT2D eigenvalue weighted by atomic mass is 10.2. The van der Waals surface area contributed by atoms with E-state index in [1.165, 1.54) is 4.90 Å². The Morgan fingerprint density at radius 2 is 2.37 bits per heavy atom. The lowest BCUT2D eigenvalue weighted by molar-refractivity contribution is -0.141. The van der Waals surface area contributed by atoms with E-state index in [9.17, 15) is 9.59 Å². The quantitative estimate of drug-likeness (QED) is 0.816. The van der Waals surface area contributed by atoms with Gasteiger partial charge < -0.3 is 15.3 Å². The Kier molecular flexibility index (Phi) is 4.03. The van der Waals surface area contributed by atoms with E-state index in [1.807, 2.05) is 13.2 Å². The number of hydrogen-bond acceptors (Lipinski definition) is 3. The van der Waals surface area contributed by atoms with E-state index in [2.05, 4.69) is 10.4 Å². The van der Waals surface area contributed by atoms with Crippen LogP contribution in [0.15, 0.2) is 12.4 Å². The molecule has 2 amide bonds. The van der Waals surface area contributed by atoms with Gasteiger partial charge >= 0.3 is 12.0 Å². The van der Waals surface area contributed by atoms with Gasteiger partial charge in [-0.3, -0.25) is 4.68 Å². The van der Waals surface area contributed by atoms with Crippen molar-refractivity contribution in [2.24, 2.45) is 7.05 Å². The standard InChI is InChI=1S/C12H18N4O3/c1-15-8-9(7-14-15)4-5-13-12(19)16-6-2-3-10(16)11(17)18/h7-8,10H,2-6H2,1H3,(H,13,19)(H,17,18). The monoisotopic (exact) mass is 266 g/mol. The van der Waals surface area contributed by atoms with E-state index in [4.69, 9.17) is 5.11 Å². The number of hydrogen-bond donors (Lipinski definition) is 2. The van der Waals surface area contributed by atoms with Gasteiger partial charge in [-0.1, -0.05) is 0 Å². The van der Waals surface area contributed by atoms with Crippen LogP contribution >= 0.6 is 0 Å². The predicted octanol–water partition coefficient (Wildman–Crippen LogP) is 0.221. The number of nitrogens with zero attached hydrogens (tertiary/aromatic N) is 3. The molecule has 2 rings (SSSR count). The minimum absolute atomic E-state index is 0.297. The average molecular weight is 266 g/mol. The fourth-order valence-electron chi connectivity index (χ4n) is 2.28. The molecule has 1 fully saturated rings. The minimum Gasteiger partial charge on any atom is -0.480 e. The van der Waals surface area contributed by atoms with Gasteiger partial charge in [-0.25, -0.2) is 9.59 Å². The number of urea groups is 1. The molecule has 1 aromatic heterocycles. The SMILES string of the molecule is Cn1cc(CCNC(=O)N2CCCC2C(=O)O)cn1. The van der Waals surface area contributed by atoms with Crippen molar-refractivity contribution in [2.75, 3.05) is 13.1 Å². The Hall–Kier alpha value is -2.05. The van der Waals surface area contributed by atoms with Crippen molar-refractivity contribution in [3.05, 3.63) is 18.0 Å². The molecule has 0 saturated carbocycles. The molecule has 1 aliphatic heterocycles. The van der Waals surface area contributed by atoms with Crippen molar-refractivity contribution in [2.45, 2.75) is 25.3 Å². The largest absolute Gasteiger partial charge is 0.480 e. The predicted molar refractivity (Wildman–Crippen MR) is 67.7 cm³/mol. The molecule has 0 bridgehead atoms. The third-order valence-electron chi connectivity index (χ3n) is 3.25. The topological polar surface area (TPSA) is 87.5 Å². The summed E-state index contributed by atoms with van der Waals surface area (Å²) in [6.07, 6.45) is 5.60.